The highest BCUT2D eigenvalue weighted by Crippen LogP contribution is 2.24. The maximum atomic E-state index is 11.5. The zero-order valence-electron chi connectivity index (χ0n) is 10.5. The molecule has 0 saturated carbocycles. The van der Waals surface area contributed by atoms with Crippen LogP contribution >= 0.6 is 0 Å². The Kier molecular flexibility index (Phi) is 4.26. The van der Waals surface area contributed by atoms with Gasteiger partial charge in [0.2, 0.25) is 0 Å². The highest BCUT2D eigenvalue weighted by atomic mass is 16.6. The summed E-state index contributed by atoms with van der Waals surface area (Å²) in [5, 5.41) is 0. The normalized spacial score (nSPS) is 9.88. The maximum absolute atomic E-state index is 11.5. The summed E-state index contributed by atoms with van der Waals surface area (Å²) >= 11 is 0. The van der Waals surface area contributed by atoms with Crippen molar-refractivity contribution < 1.29 is 19.1 Å². The first-order valence-corrected chi connectivity index (χ1v) is 5.27. The van der Waals surface area contributed by atoms with Gasteiger partial charge in [-0.3, -0.25) is 4.79 Å². The van der Waals surface area contributed by atoms with E-state index in [0.717, 1.165) is 11.1 Å². The molecule has 0 fully saturated rings. The Morgan fingerprint density at radius 1 is 1.24 bits per heavy atom. The lowest BCUT2D eigenvalue weighted by Gasteiger charge is -2.12. The van der Waals surface area contributed by atoms with Gasteiger partial charge >= 0.3 is 5.97 Å². The highest BCUT2D eigenvalue weighted by molar-refractivity contribution is 5.98. The van der Waals surface area contributed by atoms with Crippen LogP contribution in [0.5, 0.6) is 5.75 Å². The van der Waals surface area contributed by atoms with Gasteiger partial charge < -0.3 is 9.47 Å². The number of hydrogen-bond acceptors (Lipinski definition) is 4. The van der Waals surface area contributed by atoms with E-state index in [1.807, 2.05) is 19.9 Å². The number of methoxy groups -OCH3 is 1. The number of ether oxygens (including phenoxy) is 2. The standard InChI is InChI=1S/C13H16O4/c1-8-5-9(2)13(10(3)14)11(6-8)17-7-12(15)16-4/h5-6H,7H2,1-4H3. The van der Waals surface area contributed by atoms with E-state index in [2.05, 4.69) is 4.74 Å². The van der Waals surface area contributed by atoms with Gasteiger partial charge in [0.25, 0.3) is 0 Å². The number of ketones is 1. The van der Waals surface area contributed by atoms with Crippen molar-refractivity contribution in [1.29, 1.82) is 0 Å². The summed E-state index contributed by atoms with van der Waals surface area (Å²) in [5.41, 5.74) is 2.34. The van der Waals surface area contributed by atoms with Crippen LogP contribution < -0.4 is 4.74 Å². The van der Waals surface area contributed by atoms with E-state index in [9.17, 15) is 9.59 Å². The van der Waals surface area contributed by atoms with Gasteiger partial charge in [0.15, 0.2) is 12.4 Å². The molecule has 0 heterocycles. The van der Waals surface area contributed by atoms with Crippen molar-refractivity contribution in [3.05, 3.63) is 28.8 Å². The molecule has 0 bridgehead atoms. The summed E-state index contributed by atoms with van der Waals surface area (Å²) < 4.78 is 9.80. The molecule has 0 aliphatic heterocycles. The largest absolute Gasteiger partial charge is 0.481 e. The van der Waals surface area contributed by atoms with Gasteiger partial charge in [0.05, 0.1) is 12.7 Å². The number of carbonyl (C=O) groups excluding carboxylic acids is 2. The Bertz CT molecular complexity index is 449. The zero-order chi connectivity index (χ0) is 13.0. The van der Waals surface area contributed by atoms with Gasteiger partial charge in [0, 0.05) is 0 Å². The fraction of sp³-hybridized carbons (Fsp3) is 0.385. The van der Waals surface area contributed by atoms with Gasteiger partial charge in [-0.1, -0.05) is 6.07 Å². The number of aryl methyl sites for hydroxylation is 2. The minimum atomic E-state index is -0.473. The Labute approximate surface area is 101 Å². The van der Waals surface area contributed by atoms with E-state index in [1.54, 1.807) is 6.07 Å². The van der Waals surface area contributed by atoms with Crippen LogP contribution in [0.4, 0.5) is 0 Å². The van der Waals surface area contributed by atoms with Gasteiger partial charge in [-0.25, -0.2) is 4.79 Å². The number of hydrogen-bond donors (Lipinski definition) is 0. The topological polar surface area (TPSA) is 52.6 Å². The molecular formula is C13H16O4. The van der Waals surface area contributed by atoms with E-state index < -0.39 is 5.97 Å². The average Bonchev–Trinajstić information content (AvgIpc) is 2.24. The summed E-state index contributed by atoms with van der Waals surface area (Å²) in [5.74, 6) is -0.124. The molecule has 0 spiro atoms. The summed E-state index contributed by atoms with van der Waals surface area (Å²) in [4.78, 5) is 22.5. The Morgan fingerprint density at radius 3 is 2.41 bits per heavy atom. The first-order valence-electron chi connectivity index (χ1n) is 5.27. The van der Waals surface area contributed by atoms with E-state index in [1.165, 1.54) is 14.0 Å². The summed E-state index contributed by atoms with van der Waals surface area (Å²) in [6.07, 6.45) is 0. The number of rotatable bonds is 4. The molecule has 4 nitrogen and oxygen atoms in total. The van der Waals surface area contributed by atoms with Gasteiger partial charge in [-0.05, 0) is 38.0 Å². The van der Waals surface area contributed by atoms with Crippen LogP contribution in [0.1, 0.15) is 28.4 Å². The molecule has 4 heteroatoms. The molecule has 92 valence electrons. The van der Waals surface area contributed by atoms with E-state index in [-0.39, 0.29) is 12.4 Å². The van der Waals surface area contributed by atoms with Crippen molar-refractivity contribution in [1.82, 2.24) is 0 Å². The van der Waals surface area contributed by atoms with Crippen molar-refractivity contribution in [3.8, 4) is 5.75 Å². The van der Waals surface area contributed by atoms with Crippen LogP contribution in [0.2, 0.25) is 0 Å². The molecule has 0 radical (unpaired) electrons. The second-order valence-corrected chi connectivity index (χ2v) is 3.88. The van der Waals surface area contributed by atoms with E-state index in [4.69, 9.17) is 4.74 Å². The predicted octanol–water partition coefficient (Wildman–Crippen LogP) is 2.06. The second kappa shape index (κ2) is 5.48. The van der Waals surface area contributed by atoms with Crippen LogP contribution in [0.3, 0.4) is 0 Å². The number of esters is 1. The molecule has 0 atom stereocenters. The molecule has 0 amide bonds. The van der Waals surface area contributed by atoms with Gasteiger partial charge in [-0.2, -0.15) is 0 Å². The molecule has 0 aliphatic rings. The summed E-state index contributed by atoms with van der Waals surface area (Å²) in [6, 6.07) is 3.65. The highest BCUT2D eigenvalue weighted by Gasteiger charge is 2.14. The van der Waals surface area contributed by atoms with E-state index in [0.29, 0.717) is 11.3 Å². The molecule has 1 aromatic carbocycles. The molecule has 0 saturated heterocycles. The molecule has 1 rings (SSSR count). The van der Waals surface area contributed by atoms with Gasteiger partial charge in [0.1, 0.15) is 5.75 Å². The second-order valence-electron chi connectivity index (χ2n) is 3.88. The summed E-state index contributed by atoms with van der Waals surface area (Å²) in [7, 11) is 1.29. The van der Waals surface area contributed by atoms with Crippen molar-refractivity contribution in [2.24, 2.45) is 0 Å². The third-order valence-electron chi connectivity index (χ3n) is 2.37. The van der Waals surface area contributed by atoms with E-state index >= 15 is 0 Å². The maximum Gasteiger partial charge on any atom is 0.343 e. The molecule has 0 N–H and O–H groups in total. The monoisotopic (exact) mass is 236 g/mol. The van der Waals surface area contributed by atoms with Crippen LogP contribution in [-0.4, -0.2) is 25.5 Å². The smallest absolute Gasteiger partial charge is 0.343 e. The Hall–Kier alpha value is -1.84. The third-order valence-corrected chi connectivity index (χ3v) is 2.37. The minimum Gasteiger partial charge on any atom is -0.481 e. The molecule has 0 aliphatic carbocycles. The fourth-order valence-electron chi connectivity index (χ4n) is 1.69. The fourth-order valence-corrected chi connectivity index (χ4v) is 1.69. The lowest BCUT2D eigenvalue weighted by molar-refractivity contribution is -0.142. The molecular weight excluding hydrogens is 220 g/mol. The van der Waals surface area contributed by atoms with Crippen LogP contribution in [0.25, 0.3) is 0 Å². The van der Waals surface area contributed by atoms with Crippen molar-refractivity contribution in [2.75, 3.05) is 13.7 Å². The quantitative estimate of drug-likeness (QED) is 0.593. The minimum absolute atomic E-state index is 0.0811. The SMILES string of the molecule is COC(=O)COc1cc(C)cc(C)c1C(C)=O. The molecule has 0 unspecified atom stereocenters. The summed E-state index contributed by atoms with van der Waals surface area (Å²) in [6.45, 7) is 5.03. The van der Waals surface area contributed by atoms with Crippen LogP contribution in [0.15, 0.2) is 12.1 Å². The predicted molar refractivity (Wildman–Crippen MR) is 63.4 cm³/mol. The molecule has 17 heavy (non-hydrogen) atoms. The zero-order valence-corrected chi connectivity index (χ0v) is 10.5. The number of carbonyl (C=O) groups is 2. The lowest BCUT2D eigenvalue weighted by Crippen LogP contribution is -2.14. The Morgan fingerprint density at radius 2 is 1.88 bits per heavy atom. The Balaban J connectivity index is 3.04. The third kappa shape index (κ3) is 3.31. The van der Waals surface area contributed by atoms with Crippen LogP contribution in [-0.2, 0) is 9.53 Å². The molecule has 1 aromatic rings. The van der Waals surface area contributed by atoms with Crippen molar-refractivity contribution in [2.45, 2.75) is 20.8 Å². The van der Waals surface area contributed by atoms with Crippen molar-refractivity contribution in [3.63, 3.8) is 0 Å². The number of Topliss-reactive ketones (excluding diaryl/α,β-unsaturated/α-hetero) is 1. The van der Waals surface area contributed by atoms with Crippen molar-refractivity contribution >= 4 is 11.8 Å². The lowest BCUT2D eigenvalue weighted by atomic mass is 10.0. The number of benzene rings is 1. The first kappa shape index (κ1) is 13.2. The first-order chi connectivity index (χ1) is 7.95. The van der Waals surface area contributed by atoms with Gasteiger partial charge in [-0.15, -0.1) is 0 Å². The molecule has 0 aromatic heterocycles. The van der Waals surface area contributed by atoms with Crippen LogP contribution in [0, 0.1) is 13.8 Å². The average molecular weight is 236 g/mol.